The van der Waals surface area contributed by atoms with Gasteiger partial charge in [-0.25, -0.2) is 8.78 Å². The molecule has 0 fully saturated rings. The fourth-order valence-electron chi connectivity index (χ4n) is 4.59. The third-order valence-corrected chi connectivity index (χ3v) is 5.88. The van der Waals surface area contributed by atoms with Crippen LogP contribution in [0.1, 0.15) is 62.8 Å². The summed E-state index contributed by atoms with van der Waals surface area (Å²) in [7, 11) is 1.08. The van der Waals surface area contributed by atoms with Crippen molar-refractivity contribution in [3.8, 4) is 0 Å². The molecule has 0 spiro atoms. The molecule has 2 aliphatic carbocycles. The first-order valence-electron chi connectivity index (χ1n) is 10.5. The van der Waals surface area contributed by atoms with Gasteiger partial charge in [-0.3, -0.25) is 0 Å². The van der Waals surface area contributed by atoms with Crippen molar-refractivity contribution >= 4 is 14.7 Å². The van der Waals surface area contributed by atoms with Crippen molar-refractivity contribution in [1.82, 2.24) is 0 Å². The normalized spacial score (nSPS) is 20.3. The Balaban J connectivity index is 0.000000941. The molecular formula is C26H35F2P. The van der Waals surface area contributed by atoms with Gasteiger partial charge in [0.05, 0.1) is 0 Å². The Morgan fingerprint density at radius 2 is 1.83 bits per heavy atom. The van der Waals surface area contributed by atoms with E-state index in [-0.39, 0.29) is 17.6 Å². The Morgan fingerprint density at radius 3 is 2.41 bits per heavy atom. The van der Waals surface area contributed by atoms with Gasteiger partial charge in [-0.1, -0.05) is 49.8 Å². The van der Waals surface area contributed by atoms with Gasteiger partial charge in [-0.2, -0.15) is 0 Å². The van der Waals surface area contributed by atoms with Crippen LogP contribution in [0.25, 0.3) is 6.08 Å². The Labute approximate surface area is 177 Å². The van der Waals surface area contributed by atoms with Crippen LogP contribution in [0.3, 0.4) is 0 Å². The van der Waals surface area contributed by atoms with Gasteiger partial charge in [0.25, 0.3) is 0 Å². The number of benzene rings is 1. The van der Waals surface area contributed by atoms with Crippen molar-refractivity contribution < 1.29 is 8.78 Å². The molecule has 158 valence electrons. The molecule has 2 aliphatic rings. The lowest BCUT2D eigenvalue weighted by molar-refractivity contribution is 0.474. The SMILES string of the molecule is CC=CCC1CC=C(F)C2=C1Cc1c(cc(C)c(F)c1/C=C\C)C2(C)C.CPC. The van der Waals surface area contributed by atoms with E-state index in [9.17, 15) is 8.78 Å². The maximum absolute atomic E-state index is 14.9. The molecule has 0 heterocycles. The molecule has 0 nitrogen and oxygen atoms in total. The Bertz CT molecular complexity index is 867. The minimum absolute atomic E-state index is 0.0954. The second kappa shape index (κ2) is 9.98. The average Bonchev–Trinajstić information content (AvgIpc) is 2.66. The smallest absolute Gasteiger partial charge is 0.133 e. The number of aryl methyl sites for hydroxylation is 1. The van der Waals surface area contributed by atoms with E-state index in [2.05, 4.69) is 33.3 Å². The van der Waals surface area contributed by atoms with Gasteiger partial charge in [0.1, 0.15) is 11.6 Å². The molecule has 1 aromatic carbocycles. The van der Waals surface area contributed by atoms with Crippen molar-refractivity contribution in [2.24, 2.45) is 5.92 Å². The van der Waals surface area contributed by atoms with Crippen molar-refractivity contribution in [2.75, 3.05) is 13.3 Å². The highest BCUT2D eigenvalue weighted by molar-refractivity contribution is 7.35. The summed E-state index contributed by atoms with van der Waals surface area (Å²) in [6.07, 6.45) is 11.9. The first-order chi connectivity index (χ1) is 13.7. The number of halogens is 2. The van der Waals surface area contributed by atoms with E-state index < -0.39 is 5.41 Å². The molecule has 1 unspecified atom stereocenters. The number of hydrogen-bond acceptors (Lipinski definition) is 0. The van der Waals surface area contributed by atoms with E-state index in [0.29, 0.717) is 24.0 Å². The fraction of sp³-hybridized carbons (Fsp3) is 0.462. The molecule has 29 heavy (non-hydrogen) atoms. The molecule has 0 radical (unpaired) electrons. The molecule has 1 atom stereocenters. The van der Waals surface area contributed by atoms with Crippen LogP contribution in [-0.2, 0) is 11.8 Å². The minimum Gasteiger partial charge on any atom is -0.207 e. The lowest BCUT2D eigenvalue weighted by Crippen LogP contribution is -2.33. The number of hydrogen-bond donors (Lipinski definition) is 0. The fourth-order valence-corrected chi connectivity index (χ4v) is 4.59. The highest BCUT2D eigenvalue weighted by Gasteiger charge is 2.41. The molecule has 0 aliphatic heterocycles. The van der Waals surface area contributed by atoms with Gasteiger partial charge in [-0.15, -0.1) is 8.58 Å². The first kappa shape index (κ1) is 23.7. The van der Waals surface area contributed by atoms with Crippen molar-refractivity contribution in [3.63, 3.8) is 0 Å². The van der Waals surface area contributed by atoms with Gasteiger partial charge in [0, 0.05) is 11.0 Å². The van der Waals surface area contributed by atoms with Crippen LogP contribution in [0.15, 0.2) is 47.3 Å². The zero-order valence-electron chi connectivity index (χ0n) is 18.9. The molecule has 3 rings (SSSR count). The topological polar surface area (TPSA) is 0 Å². The molecule has 0 aromatic heterocycles. The predicted octanol–water partition coefficient (Wildman–Crippen LogP) is 8.06. The van der Waals surface area contributed by atoms with Crippen molar-refractivity contribution in [1.29, 1.82) is 0 Å². The number of allylic oxidation sites excluding steroid dienone is 7. The van der Waals surface area contributed by atoms with Crippen LogP contribution in [0.2, 0.25) is 0 Å². The largest absolute Gasteiger partial charge is 0.207 e. The maximum Gasteiger partial charge on any atom is 0.133 e. The predicted molar refractivity (Wildman–Crippen MR) is 126 cm³/mol. The molecule has 0 saturated carbocycles. The van der Waals surface area contributed by atoms with E-state index in [1.807, 2.05) is 38.1 Å². The van der Waals surface area contributed by atoms with Gasteiger partial charge in [0.15, 0.2) is 0 Å². The highest BCUT2D eigenvalue weighted by Crippen LogP contribution is 2.51. The van der Waals surface area contributed by atoms with Gasteiger partial charge in [0.2, 0.25) is 0 Å². The molecule has 0 bridgehead atoms. The third kappa shape index (κ3) is 4.64. The molecule has 1 aromatic rings. The summed E-state index contributed by atoms with van der Waals surface area (Å²) in [6, 6.07) is 1.92. The summed E-state index contributed by atoms with van der Waals surface area (Å²) in [5.74, 6) is 0.0383. The van der Waals surface area contributed by atoms with Gasteiger partial charge in [-0.05, 0) is 87.6 Å². The van der Waals surface area contributed by atoms with E-state index in [1.54, 1.807) is 13.0 Å². The highest BCUT2D eigenvalue weighted by atomic mass is 31.1. The van der Waals surface area contributed by atoms with Crippen LogP contribution in [0.5, 0.6) is 0 Å². The lowest BCUT2D eigenvalue weighted by atomic mass is 9.63. The minimum atomic E-state index is -0.465. The van der Waals surface area contributed by atoms with E-state index >= 15 is 0 Å². The average molecular weight is 417 g/mol. The molecule has 0 amide bonds. The van der Waals surface area contributed by atoms with E-state index in [1.165, 1.54) is 0 Å². The molecular weight excluding hydrogens is 381 g/mol. The zero-order chi connectivity index (χ0) is 21.8. The zero-order valence-corrected chi connectivity index (χ0v) is 19.9. The van der Waals surface area contributed by atoms with E-state index in [0.717, 1.165) is 37.3 Å². The summed E-state index contributed by atoms with van der Waals surface area (Å²) in [4.78, 5) is 0. The lowest BCUT2D eigenvalue weighted by Gasteiger charge is -2.41. The Hall–Kier alpha value is -1.53. The summed E-state index contributed by atoms with van der Waals surface area (Å²) in [5.41, 5.74) is 4.88. The van der Waals surface area contributed by atoms with Crippen LogP contribution in [0, 0.1) is 18.7 Å². The summed E-state index contributed by atoms with van der Waals surface area (Å²) >= 11 is 0. The first-order valence-corrected chi connectivity index (χ1v) is 12.5. The monoisotopic (exact) mass is 416 g/mol. The number of rotatable bonds is 3. The summed E-state index contributed by atoms with van der Waals surface area (Å²) < 4.78 is 29.8. The quantitative estimate of drug-likeness (QED) is 0.345. The van der Waals surface area contributed by atoms with Gasteiger partial charge >= 0.3 is 0 Å². The van der Waals surface area contributed by atoms with Gasteiger partial charge < -0.3 is 0 Å². The van der Waals surface area contributed by atoms with E-state index in [4.69, 9.17) is 0 Å². The number of fused-ring (bicyclic) bond motifs is 1. The molecule has 0 saturated heterocycles. The molecule has 3 heteroatoms. The Morgan fingerprint density at radius 1 is 1.17 bits per heavy atom. The van der Waals surface area contributed by atoms with Crippen LogP contribution < -0.4 is 0 Å². The standard InChI is InChI=1S/C24H28F2.C2H7P/c1-6-8-10-16-11-12-21(25)22-18(16)14-19-17(9-7-2)23(26)15(3)13-20(19)24(22,4)5;1-3-2/h6-9,12-13,16H,10-11,14H2,1-5H3;3H,1-2H3/b8-6?,9-7-;. The van der Waals surface area contributed by atoms with Crippen LogP contribution in [0.4, 0.5) is 8.78 Å². The summed E-state index contributed by atoms with van der Waals surface area (Å²) in [5, 5.41) is 0. The maximum atomic E-state index is 14.9. The third-order valence-electron chi connectivity index (χ3n) is 5.88. The summed E-state index contributed by atoms with van der Waals surface area (Å²) in [6.45, 7) is 14.2. The van der Waals surface area contributed by atoms with Crippen molar-refractivity contribution in [2.45, 2.75) is 59.3 Å². The van der Waals surface area contributed by atoms with Crippen LogP contribution >= 0.6 is 8.58 Å². The second-order valence-corrected chi connectivity index (χ2v) is 9.44. The Kier molecular flexibility index (Phi) is 8.18. The molecule has 0 N–H and O–H groups in total. The van der Waals surface area contributed by atoms with Crippen LogP contribution in [-0.4, -0.2) is 13.3 Å². The second-order valence-electron chi connectivity index (χ2n) is 8.44. The van der Waals surface area contributed by atoms with Crippen molar-refractivity contribution in [3.05, 3.63) is 75.4 Å².